The van der Waals surface area contributed by atoms with Crippen LogP contribution in [0.2, 0.25) is 5.02 Å². The molecule has 0 saturated carbocycles. The van der Waals surface area contributed by atoms with Crippen LogP contribution in [-0.2, 0) is 20.4 Å². The lowest BCUT2D eigenvalue weighted by Crippen LogP contribution is -2.40. The summed E-state index contributed by atoms with van der Waals surface area (Å²) in [7, 11) is 1.55. The van der Waals surface area contributed by atoms with Crippen molar-refractivity contribution in [3.63, 3.8) is 0 Å². The zero-order valence-corrected chi connectivity index (χ0v) is 20.9. The van der Waals surface area contributed by atoms with Crippen LogP contribution in [0.5, 0.6) is 5.75 Å². The van der Waals surface area contributed by atoms with Crippen molar-refractivity contribution in [3.8, 4) is 5.75 Å². The standard InChI is InChI=1S/C14H16N2O5.C8H6ClF3.C2H6/c1-14(2)20-12(17)10(13(18)21-14)11(15)16-8-4-6-9(19-3)7-5-8;1-5-2-3-7(9)6(4-5)8(10,11)12;1-2/h4-7,17H,1-3H3,(H2,15,16);2-4H,1H3;1-2H3. The van der Waals surface area contributed by atoms with Crippen molar-refractivity contribution in [2.45, 2.75) is 46.6 Å². The Morgan fingerprint density at radius 2 is 1.69 bits per heavy atom. The number of carbonyl (C=O) groups is 1. The number of amidine groups is 1. The first-order valence-electron chi connectivity index (χ1n) is 10.4. The van der Waals surface area contributed by atoms with Gasteiger partial charge in [-0.15, -0.1) is 0 Å². The Balaban J connectivity index is 0.000000372. The molecule has 3 rings (SSSR count). The van der Waals surface area contributed by atoms with Gasteiger partial charge >= 0.3 is 12.1 Å². The maximum absolute atomic E-state index is 12.1. The number of cyclic esters (lactones) is 1. The van der Waals surface area contributed by atoms with E-state index in [1.807, 2.05) is 13.8 Å². The zero-order chi connectivity index (χ0) is 27.0. The summed E-state index contributed by atoms with van der Waals surface area (Å²) in [5.41, 5.74) is 5.71. The van der Waals surface area contributed by atoms with Gasteiger partial charge in [-0.3, -0.25) is 0 Å². The van der Waals surface area contributed by atoms with Crippen molar-refractivity contribution in [2.75, 3.05) is 7.11 Å². The molecular weight excluding hydrogens is 489 g/mol. The van der Waals surface area contributed by atoms with Gasteiger partial charge in [0.15, 0.2) is 5.57 Å². The highest BCUT2D eigenvalue weighted by Crippen LogP contribution is 2.34. The molecule has 0 amide bonds. The van der Waals surface area contributed by atoms with Gasteiger partial charge in [0, 0.05) is 13.8 Å². The molecular formula is C24H28ClF3N2O5. The third-order valence-electron chi connectivity index (χ3n) is 4.10. The van der Waals surface area contributed by atoms with E-state index in [1.165, 1.54) is 26.0 Å². The third-order valence-corrected chi connectivity index (χ3v) is 4.43. The number of aliphatic hydroxyl groups excluding tert-OH is 1. The largest absolute Gasteiger partial charge is 0.497 e. The number of hydrogen-bond acceptors (Lipinski definition) is 6. The molecule has 0 unspecified atom stereocenters. The van der Waals surface area contributed by atoms with Gasteiger partial charge in [0.1, 0.15) is 11.6 Å². The fourth-order valence-electron chi connectivity index (χ4n) is 2.59. The second-order valence-electron chi connectivity index (χ2n) is 7.25. The molecule has 0 spiro atoms. The average Bonchev–Trinajstić information content (AvgIpc) is 2.75. The van der Waals surface area contributed by atoms with E-state index < -0.39 is 29.4 Å². The zero-order valence-electron chi connectivity index (χ0n) is 20.2. The van der Waals surface area contributed by atoms with Crippen LogP contribution in [0.1, 0.15) is 38.8 Å². The molecule has 0 aromatic heterocycles. The Kier molecular flexibility index (Phi) is 10.5. The summed E-state index contributed by atoms with van der Waals surface area (Å²) >= 11 is 5.36. The number of benzene rings is 2. The Morgan fingerprint density at radius 3 is 2.14 bits per heavy atom. The van der Waals surface area contributed by atoms with E-state index in [-0.39, 0.29) is 16.4 Å². The van der Waals surface area contributed by atoms with E-state index in [9.17, 15) is 23.1 Å². The molecule has 192 valence electrons. The summed E-state index contributed by atoms with van der Waals surface area (Å²) in [4.78, 5) is 15.9. The van der Waals surface area contributed by atoms with Crippen molar-refractivity contribution < 1.29 is 37.3 Å². The van der Waals surface area contributed by atoms with Gasteiger partial charge in [0.05, 0.1) is 23.4 Å². The van der Waals surface area contributed by atoms with Crippen molar-refractivity contribution in [2.24, 2.45) is 10.7 Å². The normalized spacial score (nSPS) is 15.0. The third kappa shape index (κ3) is 8.71. The molecule has 3 N–H and O–H groups in total. The number of aliphatic hydroxyl groups is 1. The number of rotatable bonds is 3. The molecule has 0 bridgehead atoms. The molecule has 0 atom stereocenters. The topological polar surface area (TPSA) is 103 Å². The fraction of sp³-hybridized carbons (Fsp3) is 0.333. The van der Waals surface area contributed by atoms with Gasteiger partial charge in [0.25, 0.3) is 11.7 Å². The highest BCUT2D eigenvalue weighted by molar-refractivity contribution is 6.31. The molecule has 0 saturated heterocycles. The average molecular weight is 517 g/mol. The van der Waals surface area contributed by atoms with Crippen LogP contribution < -0.4 is 10.5 Å². The number of alkyl halides is 3. The number of aryl methyl sites for hydroxylation is 1. The van der Waals surface area contributed by atoms with E-state index in [0.29, 0.717) is 17.0 Å². The minimum absolute atomic E-state index is 0.196. The maximum atomic E-state index is 12.1. The van der Waals surface area contributed by atoms with Crippen molar-refractivity contribution in [1.29, 1.82) is 0 Å². The first-order chi connectivity index (χ1) is 16.2. The summed E-state index contributed by atoms with van der Waals surface area (Å²) in [6.07, 6.45) is -4.36. The second-order valence-corrected chi connectivity index (χ2v) is 7.65. The van der Waals surface area contributed by atoms with E-state index >= 15 is 0 Å². The van der Waals surface area contributed by atoms with E-state index in [2.05, 4.69) is 4.99 Å². The number of aliphatic imine (C=N–C) groups is 1. The van der Waals surface area contributed by atoms with Gasteiger partial charge in [-0.25, -0.2) is 9.79 Å². The smallest absolute Gasteiger partial charge is 0.417 e. The number of carbonyl (C=O) groups excluding carboxylic acids is 1. The minimum Gasteiger partial charge on any atom is -0.497 e. The lowest BCUT2D eigenvalue weighted by atomic mass is 10.1. The summed E-state index contributed by atoms with van der Waals surface area (Å²) in [5.74, 6) is -2.18. The lowest BCUT2D eigenvalue weighted by Gasteiger charge is -2.30. The Labute approximate surface area is 207 Å². The molecule has 0 fully saturated rings. The molecule has 11 heteroatoms. The molecule has 0 aliphatic carbocycles. The van der Waals surface area contributed by atoms with E-state index in [4.69, 9.17) is 31.5 Å². The molecule has 1 aliphatic heterocycles. The van der Waals surface area contributed by atoms with Crippen LogP contribution in [0.25, 0.3) is 0 Å². The number of ether oxygens (including phenoxy) is 3. The molecule has 2 aromatic carbocycles. The van der Waals surface area contributed by atoms with Crippen molar-refractivity contribution in [3.05, 3.63) is 70.1 Å². The van der Waals surface area contributed by atoms with E-state index in [1.54, 1.807) is 38.3 Å². The first-order valence-corrected chi connectivity index (χ1v) is 10.8. The second kappa shape index (κ2) is 12.3. The highest BCUT2D eigenvalue weighted by Gasteiger charge is 2.38. The van der Waals surface area contributed by atoms with Gasteiger partial charge in [0.2, 0.25) is 0 Å². The summed E-state index contributed by atoms with van der Waals surface area (Å²) < 4.78 is 51.5. The number of nitrogens with zero attached hydrogens (tertiary/aromatic N) is 1. The Hall–Kier alpha value is -3.40. The summed E-state index contributed by atoms with van der Waals surface area (Å²) in [6.45, 7) is 8.58. The lowest BCUT2D eigenvalue weighted by molar-refractivity contribution is -0.220. The minimum atomic E-state index is -4.36. The van der Waals surface area contributed by atoms with E-state index in [0.717, 1.165) is 6.07 Å². The van der Waals surface area contributed by atoms with Crippen LogP contribution in [0.4, 0.5) is 18.9 Å². The SMILES string of the molecule is CC.COc1ccc(N=C(N)C2=C(O)OC(C)(C)OC2=O)cc1.Cc1ccc(Cl)c(C(F)(F)F)c1. The number of hydrogen-bond donors (Lipinski definition) is 2. The number of esters is 1. The van der Waals surface area contributed by atoms with Crippen molar-refractivity contribution >= 4 is 29.1 Å². The van der Waals surface area contributed by atoms with Crippen LogP contribution in [-0.4, -0.2) is 29.8 Å². The maximum Gasteiger partial charge on any atom is 0.417 e. The van der Waals surface area contributed by atoms with Gasteiger partial charge in [-0.2, -0.15) is 13.2 Å². The van der Waals surface area contributed by atoms with Gasteiger partial charge in [-0.05, 0) is 43.3 Å². The molecule has 0 radical (unpaired) electrons. The fourth-order valence-corrected chi connectivity index (χ4v) is 2.81. The van der Waals surface area contributed by atoms with Crippen molar-refractivity contribution in [1.82, 2.24) is 0 Å². The Bertz CT molecular complexity index is 1080. The van der Waals surface area contributed by atoms with Crippen LogP contribution in [0.3, 0.4) is 0 Å². The Morgan fingerprint density at radius 1 is 1.11 bits per heavy atom. The monoisotopic (exact) mass is 516 g/mol. The van der Waals surface area contributed by atoms with Crippen LogP contribution in [0, 0.1) is 6.92 Å². The molecule has 2 aromatic rings. The predicted octanol–water partition coefficient (Wildman–Crippen LogP) is 6.46. The van der Waals surface area contributed by atoms with Crippen LogP contribution in [0.15, 0.2) is 59.0 Å². The number of nitrogens with two attached hydrogens (primary N) is 1. The van der Waals surface area contributed by atoms with Crippen LogP contribution >= 0.6 is 11.6 Å². The quantitative estimate of drug-likeness (QED) is 0.276. The number of methoxy groups -OCH3 is 1. The summed E-state index contributed by atoms with van der Waals surface area (Å²) in [6, 6.07) is 10.5. The van der Waals surface area contributed by atoms with Gasteiger partial charge < -0.3 is 25.1 Å². The molecule has 7 nitrogen and oxygen atoms in total. The first kappa shape index (κ1) is 29.6. The summed E-state index contributed by atoms with van der Waals surface area (Å²) in [5, 5.41) is 9.52. The molecule has 1 aliphatic rings. The number of halogens is 4. The molecule has 35 heavy (non-hydrogen) atoms. The highest BCUT2D eigenvalue weighted by atomic mass is 35.5. The molecule has 1 heterocycles. The predicted molar refractivity (Wildman–Crippen MR) is 128 cm³/mol. The van der Waals surface area contributed by atoms with Gasteiger partial charge in [-0.1, -0.05) is 37.1 Å².